The summed E-state index contributed by atoms with van der Waals surface area (Å²) in [5.74, 6) is 3.22. The van der Waals surface area contributed by atoms with E-state index in [1.54, 1.807) is 11.1 Å². The summed E-state index contributed by atoms with van der Waals surface area (Å²) in [6.07, 6.45) is 13.0. The first-order chi connectivity index (χ1) is 38.0. The van der Waals surface area contributed by atoms with Crippen LogP contribution in [0.15, 0.2) is 229 Å². The van der Waals surface area contributed by atoms with Gasteiger partial charge in [0.2, 0.25) is 5.71 Å². The molecule has 5 aromatic heterocycles. The molecule has 16 rings (SSSR count). The summed E-state index contributed by atoms with van der Waals surface area (Å²) in [5.41, 5.74) is 24.9. The van der Waals surface area contributed by atoms with Crippen LogP contribution < -0.4 is 0 Å². The molecule has 7 aromatic carbocycles. The van der Waals surface area contributed by atoms with Gasteiger partial charge in [0.1, 0.15) is 5.58 Å². The Hall–Kier alpha value is -9.06. The summed E-state index contributed by atoms with van der Waals surface area (Å²) in [6, 6.07) is 74.4. The molecule has 5 heterocycles. The minimum absolute atomic E-state index is 0.644. The molecule has 0 N–H and O–H groups in total. The van der Waals surface area contributed by atoms with Crippen LogP contribution in [-0.2, 0) is 0 Å². The first-order valence-electron chi connectivity index (χ1n) is 27.3. The number of hydrogen-bond acceptors (Lipinski definition) is 5. The molecule has 4 bridgehead atoms. The Morgan fingerprint density at radius 3 is 1.34 bits per heavy atom. The number of aryl methyl sites for hydroxylation is 1. The molecule has 12 aromatic rings. The van der Waals surface area contributed by atoms with Crippen LogP contribution in [0.25, 0.3) is 123 Å². The van der Waals surface area contributed by atoms with Gasteiger partial charge in [-0.25, -0.2) is 4.98 Å². The molecule has 77 heavy (non-hydrogen) atoms. The van der Waals surface area contributed by atoms with Crippen LogP contribution in [0, 0.1) is 18.8 Å². The highest BCUT2D eigenvalue weighted by atomic mass is 16.3. The van der Waals surface area contributed by atoms with Crippen LogP contribution in [0.3, 0.4) is 0 Å². The highest BCUT2D eigenvalue weighted by molar-refractivity contribution is 6.08. The summed E-state index contributed by atoms with van der Waals surface area (Å²) >= 11 is 0. The normalized spacial score (nSPS) is 17.4. The van der Waals surface area contributed by atoms with Crippen LogP contribution in [0.5, 0.6) is 0 Å². The number of fused-ring (bicyclic) bond motifs is 3. The molecule has 5 heteroatoms. The largest absolute Gasteiger partial charge is 0.437 e. The molecule has 0 aliphatic heterocycles. The summed E-state index contributed by atoms with van der Waals surface area (Å²) in [7, 11) is 0. The average Bonchev–Trinajstić information content (AvgIpc) is 3.88. The van der Waals surface area contributed by atoms with E-state index in [1.807, 2.05) is 31.5 Å². The predicted octanol–water partition coefficient (Wildman–Crippen LogP) is 18.9. The second-order valence-electron chi connectivity index (χ2n) is 21.8. The minimum Gasteiger partial charge on any atom is -0.437 e. The zero-order valence-corrected chi connectivity index (χ0v) is 42.9. The van der Waals surface area contributed by atoms with Crippen molar-refractivity contribution in [2.75, 3.05) is 0 Å². The van der Waals surface area contributed by atoms with Gasteiger partial charge >= 0.3 is 0 Å². The number of nitrogens with zero attached hydrogens (tertiary/aromatic N) is 4. The zero-order chi connectivity index (χ0) is 51.0. The molecule has 2 saturated carbocycles. The molecule has 2 unspecified atom stereocenters. The lowest BCUT2D eigenvalue weighted by Crippen LogP contribution is -2.25. The fourth-order valence-electron chi connectivity index (χ4n) is 13.6. The third-order valence-electron chi connectivity index (χ3n) is 17.1. The minimum atomic E-state index is 0.644. The lowest BCUT2D eigenvalue weighted by atomic mass is 9.67. The Bertz CT molecular complexity index is 4200. The maximum Gasteiger partial charge on any atom is 0.227 e. The van der Waals surface area contributed by atoms with Gasteiger partial charge in [-0.15, -0.1) is 0 Å². The topological polar surface area (TPSA) is 64.7 Å². The van der Waals surface area contributed by atoms with Crippen molar-refractivity contribution in [3.8, 4) is 101 Å². The molecule has 0 amide bonds. The Kier molecular flexibility index (Phi) is 11.0. The summed E-state index contributed by atoms with van der Waals surface area (Å²) in [5, 5.41) is 2.04. The van der Waals surface area contributed by atoms with Gasteiger partial charge in [-0.05, 0) is 185 Å². The number of pyridine rings is 4. The van der Waals surface area contributed by atoms with Gasteiger partial charge in [-0.3, -0.25) is 15.0 Å². The van der Waals surface area contributed by atoms with Crippen LogP contribution >= 0.6 is 0 Å². The highest BCUT2D eigenvalue weighted by Crippen LogP contribution is 2.56. The Labute approximate surface area is 449 Å². The van der Waals surface area contributed by atoms with Gasteiger partial charge in [-0.2, -0.15) is 0 Å². The smallest absolute Gasteiger partial charge is 0.227 e. The van der Waals surface area contributed by atoms with Crippen LogP contribution in [0.4, 0.5) is 0 Å². The van der Waals surface area contributed by atoms with E-state index < -0.39 is 0 Å². The van der Waals surface area contributed by atoms with Crippen LogP contribution in [-0.4, -0.2) is 19.9 Å². The summed E-state index contributed by atoms with van der Waals surface area (Å²) in [6.45, 7) is 1.99. The predicted molar refractivity (Wildman–Crippen MR) is 314 cm³/mol. The Morgan fingerprint density at radius 1 is 0.338 bits per heavy atom. The second kappa shape index (κ2) is 18.6. The van der Waals surface area contributed by atoms with Gasteiger partial charge in [0.15, 0.2) is 0 Å². The fraction of sp³-hybridized carbons (Fsp3) is 0.139. The number of benzene rings is 7. The molecule has 0 saturated heterocycles. The summed E-state index contributed by atoms with van der Waals surface area (Å²) in [4.78, 5) is 20.0. The molecule has 4 aliphatic rings. The van der Waals surface area contributed by atoms with E-state index in [0.29, 0.717) is 11.6 Å². The van der Waals surface area contributed by atoms with Gasteiger partial charge in [-0.1, -0.05) is 146 Å². The molecular weight excluding hydrogens is 937 g/mol. The Morgan fingerprint density at radius 2 is 0.805 bits per heavy atom. The molecule has 2 fully saturated rings. The van der Waals surface area contributed by atoms with E-state index >= 15 is 0 Å². The summed E-state index contributed by atoms with van der Waals surface area (Å²) < 4.78 is 6.40. The van der Waals surface area contributed by atoms with E-state index in [-0.39, 0.29) is 0 Å². The zero-order valence-electron chi connectivity index (χ0n) is 42.9. The van der Waals surface area contributed by atoms with Crippen molar-refractivity contribution in [1.29, 1.82) is 0 Å². The van der Waals surface area contributed by atoms with Crippen LogP contribution in [0.1, 0.15) is 60.8 Å². The van der Waals surface area contributed by atoms with Crippen molar-refractivity contribution >= 4 is 22.1 Å². The highest BCUT2D eigenvalue weighted by Gasteiger charge is 2.42. The van der Waals surface area contributed by atoms with Gasteiger partial charge < -0.3 is 4.42 Å². The Balaban J connectivity index is 0.829. The van der Waals surface area contributed by atoms with E-state index in [2.05, 4.69) is 205 Å². The van der Waals surface area contributed by atoms with E-state index in [0.717, 1.165) is 135 Å². The number of hydrogen-bond donors (Lipinski definition) is 0. The standard InChI is InChI=1S/C72H54N4O/c1-44-22-27-65-64-20-11-21-66(71(64)77-72(65)76-44)70-31-26-51(43-75-70)59-16-7-10-19-62(59)56-38-54(60-17-8-5-14-57(60)49-24-29-68(73-41-49)47-12-3-2-4-13-47)37-55(39-56)61-18-9-6-15-58(61)50-25-30-69(74-42-50)48-23-28-63-52-33-45-32-46(34-52)36-53(35-45)67(63)40-48/h2-31,37-43,45-46,52-53H,32-36H2,1H3. The van der Waals surface area contributed by atoms with Gasteiger partial charge in [0.05, 0.1) is 17.1 Å². The van der Waals surface area contributed by atoms with Crippen molar-refractivity contribution in [2.45, 2.75) is 50.9 Å². The van der Waals surface area contributed by atoms with Crippen molar-refractivity contribution in [3.05, 3.63) is 242 Å². The van der Waals surface area contributed by atoms with E-state index in [9.17, 15) is 0 Å². The number of furan rings is 1. The van der Waals surface area contributed by atoms with E-state index in [4.69, 9.17) is 19.4 Å². The maximum atomic E-state index is 6.40. The fourth-order valence-corrected chi connectivity index (χ4v) is 13.6. The molecule has 2 atom stereocenters. The monoisotopic (exact) mass is 990 g/mol. The third-order valence-corrected chi connectivity index (χ3v) is 17.1. The molecule has 5 nitrogen and oxygen atoms in total. The maximum absolute atomic E-state index is 6.40. The molecule has 4 aliphatic carbocycles. The lowest BCUT2D eigenvalue weighted by Gasteiger charge is -2.38. The number of rotatable bonds is 9. The lowest BCUT2D eigenvalue weighted by molar-refractivity contribution is 0.166. The molecular formula is C72H54N4O. The molecule has 368 valence electrons. The van der Waals surface area contributed by atoms with Crippen molar-refractivity contribution in [1.82, 2.24) is 19.9 Å². The first kappa shape index (κ1) is 45.3. The van der Waals surface area contributed by atoms with Crippen LogP contribution in [0.2, 0.25) is 0 Å². The quantitative estimate of drug-likeness (QED) is 0.144. The average molecular weight is 991 g/mol. The SMILES string of the molecule is Cc1ccc2c(n1)oc1c(-c3ccc(-c4ccccc4-c4cc(-c5ccccc5-c5ccc(-c6ccccc6)nc5)cc(-c5ccccc5-c5ccc(-c6ccc7c(c6)C6CC8CC(CC7C8)C6)nc5)c4)cn3)cccc12. The number of aromatic nitrogens is 4. The van der Waals surface area contributed by atoms with Crippen molar-refractivity contribution in [3.63, 3.8) is 0 Å². The molecule has 0 radical (unpaired) electrons. The number of para-hydroxylation sites is 1. The molecule has 0 spiro atoms. The van der Waals surface area contributed by atoms with Gasteiger partial charge in [0, 0.05) is 68.4 Å². The third kappa shape index (κ3) is 8.17. The van der Waals surface area contributed by atoms with Gasteiger partial charge in [0.25, 0.3) is 0 Å². The second-order valence-corrected chi connectivity index (χ2v) is 21.8. The van der Waals surface area contributed by atoms with Crippen molar-refractivity contribution in [2.24, 2.45) is 11.8 Å². The van der Waals surface area contributed by atoms with Crippen molar-refractivity contribution < 1.29 is 4.42 Å². The first-order valence-corrected chi connectivity index (χ1v) is 27.3. The van der Waals surface area contributed by atoms with E-state index in [1.165, 1.54) is 37.7 Å².